The number of piperazine rings is 1. The van der Waals surface area contributed by atoms with E-state index in [0.29, 0.717) is 30.1 Å². The van der Waals surface area contributed by atoms with Gasteiger partial charge in [0.1, 0.15) is 5.75 Å². The van der Waals surface area contributed by atoms with Gasteiger partial charge in [0.2, 0.25) is 5.91 Å². The number of hydrogen-bond donors (Lipinski definition) is 2. The molecule has 2 N–H and O–H groups in total. The largest absolute Gasteiger partial charge is 0.496 e. The normalized spacial score (nSPS) is 19.2. The lowest BCUT2D eigenvalue weighted by Crippen LogP contribution is -2.48. The second kappa shape index (κ2) is 7.62. The predicted molar refractivity (Wildman–Crippen MR) is 105 cm³/mol. The summed E-state index contributed by atoms with van der Waals surface area (Å²) in [4.78, 5) is 27.8. The average Bonchev–Trinajstić information content (AvgIpc) is 2.72. The van der Waals surface area contributed by atoms with E-state index in [2.05, 4.69) is 10.6 Å². The van der Waals surface area contributed by atoms with Crippen LogP contribution >= 0.6 is 11.8 Å². The first-order chi connectivity index (χ1) is 13.2. The molecule has 2 aromatic carbocycles. The molecule has 0 saturated carbocycles. The third-order valence-electron chi connectivity index (χ3n) is 4.86. The van der Waals surface area contributed by atoms with Gasteiger partial charge in [-0.15, -0.1) is 11.8 Å². The van der Waals surface area contributed by atoms with Gasteiger partial charge >= 0.3 is 0 Å². The zero-order chi connectivity index (χ0) is 18.8. The molecule has 0 spiro atoms. The maximum Gasteiger partial charge on any atom is 0.254 e. The highest BCUT2D eigenvalue weighted by atomic mass is 32.2. The van der Waals surface area contributed by atoms with Crippen molar-refractivity contribution in [3.05, 3.63) is 53.6 Å². The molecular formula is C20H21N3O3S. The lowest BCUT2D eigenvalue weighted by molar-refractivity contribution is -0.113. The molecule has 1 unspecified atom stereocenters. The van der Waals surface area contributed by atoms with E-state index in [4.69, 9.17) is 4.74 Å². The number of amides is 2. The number of methoxy groups -OCH3 is 1. The molecule has 1 atom stereocenters. The molecule has 0 bridgehead atoms. The van der Waals surface area contributed by atoms with Gasteiger partial charge in [-0.2, -0.15) is 0 Å². The van der Waals surface area contributed by atoms with Crippen molar-refractivity contribution in [3.8, 4) is 5.75 Å². The summed E-state index contributed by atoms with van der Waals surface area (Å²) in [6.07, 6.45) is 0. The fraction of sp³-hybridized carbons (Fsp3) is 0.300. The van der Waals surface area contributed by atoms with Crippen molar-refractivity contribution in [2.75, 3.05) is 37.8 Å². The maximum atomic E-state index is 13.3. The first-order valence-corrected chi connectivity index (χ1v) is 9.87. The van der Waals surface area contributed by atoms with Crippen molar-refractivity contribution in [1.82, 2.24) is 10.2 Å². The van der Waals surface area contributed by atoms with E-state index < -0.39 is 0 Å². The van der Waals surface area contributed by atoms with Crippen molar-refractivity contribution < 1.29 is 14.3 Å². The van der Waals surface area contributed by atoms with Crippen LogP contribution in [-0.4, -0.2) is 49.2 Å². The van der Waals surface area contributed by atoms with Gasteiger partial charge in [0.15, 0.2) is 0 Å². The van der Waals surface area contributed by atoms with Crippen molar-refractivity contribution in [2.45, 2.75) is 10.9 Å². The Bertz CT molecular complexity index is 887. The molecule has 0 aromatic heterocycles. The summed E-state index contributed by atoms with van der Waals surface area (Å²) in [6, 6.07) is 13.2. The molecule has 2 heterocycles. The van der Waals surface area contributed by atoms with Crippen LogP contribution in [-0.2, 0) is 4.79 Å². The van der Waals surface area contributed by atoms with Crippen molar-refractivity contribution >= 4 is 29.3 Å². The Morgan fingerprint density at radius 2 is 2.11 bits per heavy atom. The number of para-hydroxylation sites is 1. The number of carbonyl (C=O) groups is 2. The summed E-state index contributed by atoms with van der Waals surface area (Å²) < 4.78 is 5.50. The minimum Gasteiger partial charge on any atom is -0.496 e. The molecule has 0 aliphatic carbocycles. The molecular weight excluding hydrogens is 362 g/mol. The van der Waals surface area contributed by atoms with Crippen molar-refractivity contribution in [3.63, 3.8) is 0 Å². The van der Waals surface area contributed by atoms with Crippen LogP contribution in [0, 0.1) is 0 Å². The zero-order valence-corrected chi connectivity index (χ0v) is 15.8. The fourth-order valence-corrected chi connectivity index (χ4v) is 4.34. The third kappa shape index (κ3) is 3.52. The number of hydrogen-bond acceptors (Lipinski definition) is 5. The quantitative estimate of drug-likeness (QED) is 0.852. The van der Waals surface area contributed by atoms with Gasteiger partial charge in [-0.1, -0.05) is 18.2 Å². The zero-order valence-electron chi connectivity index (χ0n) is 15.0. The molecule has 4 rings (SSSR count). The highest BCUT2D eigenvalue weighted by Gasteiger charge is 2.31. The Morgan fingerprint density at radius 1 is 1.26 bits per heavy atom. The number of nitrogens with one attached hydrogen (secondary N) is 2. The standard InChI is InChI=1S/C20H21N3O3S/c1-26-17-5-3-2-4-14(17)16-11-21-8-9-23(16)20(25)13-6-7-18-15(10-13)22-19(24)12-27-18/h2-7,10,16,21H,8-9,11-12H2,1H3,(H,22,24). The highest BCUT2D eigenvalue weighted by molar-refractivity contribution is 8.00. The van der Waals surface area contributed by atoms with Crippen LogP contribution in [0.3, 0.4) is 0 Å². The summed E-state index contributed by atoms with van der Waals surface area (Å²) in [7, 11) is 1.64. The first kappa shape index (κ1) is 17.9. The van der Waals surface area contributed by atoms with Crippen LogP contribution in [0.15, 0.2) is 47.4 Å². The van der Waals surface area contributed by atoms with Crippen LogP contribution in [0.25, 0.3) is 0 Å². The van der Waals surface area contributed by atoms with Crippen LogP contribution in [0.2, 0.25) is 0 Å². The predicted octanol–water partition coefficient (Wildman–Crippen LogP) is 2.53. The number of nitrogens with zero attached hydrogens (tertiary/aromatic N) is 1. The number of ether oxygens (including phenoxy) is 1. The Balaban J connectivity index is 1.65. The maximum absolute atomic E-state index is 13.3. The van der Waals surface area contributed by atoms with E-state index in [9.17, 15) is 9.59 Å². The number of thioether (sulfide) groups is 1. The Kier molecular flexibility index (Phi) is 5.05. The summed E-state index contributed by atoms with van der Waals surface area (Å²) in [5.74, 6) is 1.11. The smallest absolute Gasteiger partial charge is 0.254 e. The SMILES string of the molecule is COc1ccccc1C1CNCCN1C(=O)c1ccc2c(c1)NC(=O)CS2. The monoisotopic (exact) mass is 383 g/mol. The number of fused-ring (bicyclic) bond motifs is 1. The number of anilines is 1. The van der Waals surface area contributed by atoms with Gasteiger partial charge in [0.25, 0.3) is 5.91 Å². The summed E-state index contributed by atoms with van der Waals surface area (Å²) in [5, 5.41) is 6.22. The third-order valence-corrected chi connectivity index (χ3v) is 5.94. The summed E-state index contributed by atoms with van der Waals surface area (Å²) in [5.41, 5.74) is 2.28. The molecule has 2 amide bonds. The lowest BCUT2D eigenvalue weighted by atomic mass is 10.0. The van der Waals surface area contributed by atoms with Gasteiger partial charge in [-0.05, 0) is 24.3 Å². The fourth-order valence-electron chi connectivity index (χ4n) is 3.55. The first-order valence-electron chi connectivity index (χ1n) is 8.88. The number of benzene rings is 2. The number of carbonyl (C=O) groups excluding carboxylic acids is 2. The van der Waals surface area contributed by atoms with Crippen LogP contribution in [0.1, 0.15) is 22.0 Å². The molecule has 140 valence electrons. The molecule has 27 heavy (non-hydrogen) atoms. The van der Waals surface area contributed by atoms with E-state index >= 15 is 0 Å². The Morgan fingerprint density at radius 3 is 2.96 bits per heavy atom. The van der Waals surface area contributed by atoms with Gasteiger partial charge in [-0.25, -0.2) is 0 Å². The molecule has 1 fully saturated rings. The van der Waals surface area contributed by atoms with E-state index in [1.54, 1.807) is 13.2 Å². The Hall–Kier alpha value is -2.51. The number of rotatable bonds is 3. The summed E-state index contributed by atoms with van der Waals surface area (Å²) >= 11 is 1.49. The van der Waals surface area contributed by atoms with Crippen LogP contribution in [0.5, 0.6) is 5.75 Å². The van der Waals surface area contributed by atoms with E-state index in [1.165, 1.54) is 11.8 Å². The molecule has 1 saturated heterocycles. The minimum atomic E-state index is -0.109. The second-order valence-corrected chi connectivity index (χ2v) is 7.53. The molecule has 2 aliphatic rings. The molecule has 2 aliphatic heterocycles. The topological polar surface area (TPSA) is 70.7 Å². The molecule has 2 aromatic rings. The van der Waals surface area contributed by atoms with Gasteiger partial charge in [-0.3, -0.25) is 9.59 Å². The van der Waals surface area contributed by atoms with E-state index in [1.807, 2.05) is 41.3 Å². The van der Waals surface area contributed by atoms with E-state index in [0.717, 1.165) is 22.8 Å². The van der Waals surface area contributed by atoms with Crippen molar-refractivity contribution in [1.29, 1.82) is 0 Å². The minimum absolute atomic E-state index is 0.0360. The van der Waals surface area contributed by atoms with Gasteiger partial charge in [0.05, 0.1) is 24.6 Å². The van der Waals surface area contributed by atoms with Gasteiger partial charge < -0.3 is 20.3 Å². The van der Waals surface area contributed by atoms with Crippen LogP contribution in [0.4, 0.5) is 5.69 Å². The highest BCUT2D eigenvalue weighted by Crippen LogP contribution is 2.34. The lowest BCUT2D eigenvalue weighted by Gasteiger charge is -2.37. The molecule has 0 radical (unpaired) electrons. The molecule has 6 nitrogen and oxygen atoms in total. The van der Waals surface area contributed by atoms with Crippen molar-refractivity contribution in [2.24, 2.45) is 0 Å². The van der Waals surface area contributed by atoms with Gasteiger partial charge in [0, 0.05) is 35.7 Å². The van der Waals surface area contributed by atoms with E-state index in [-0.39, 0.29) is 17.9 Å². The Labute approximate surface area is 162 Å². The summed E-state index contributed by atoms with van der Waals surface area (Å²) in [6.45, 7) is 2.03. The average molecular weight is 383 g/mol. The molecule has 7 heteroatoms. The second-order valence-electron chi connectivity index (χ2n) is 6.51. The van der Waals surface area contributed by atoms with Crippen LogP contribution < -0.4 is 15.4 Å².